The Morgan fingerprint density at radius 1 is 1.31 bits per heavy atom. The summed E-state index contributed by atoms with van der Waals surface area (Å²) in [6, 6.07) is 3.63. The normalized spacial score (nSPS) is 12.4. The third-order valence-electron chi connectivity index (χ3n) is 2.31. The van der Waals surface area contributed by atoms with Crippen molar-refractivity contribution in [1.82, 2.24) is 4.90 Å². The summed E-state index contributed by atoms with van der Waals surface area (Å²) in [4.78, 5) is 2.10. The summed E-state index contributed by atoms with van der Waals surface area (Å²) >= 11 is 0. The van der Waals surface area contributed by atoms with Crippen molar-refractivity contribution in [1.29, 1.82) is 0 Å². The molecule has 1 heterocycles. The number of nitrogens with zero attached hydrogens (tertiary/aromatic N) is 1. The highest BCUT2D eigenvalue weighted by Gasteiger charge is 2.18. The van der Waals surface area contributed by atoms with Gasteiger partial charge in [0.05, 0.1) is 12.1 Å². The molecule has 16 heavy (non-hydrogen) atoms. The number of likely N-dealkylation sites (N-methyl/N-ethyl adjacent to an activating group) is 1. The molecule has 0 aliphatic heterocycles. The molecule has 0 aliphatic rings. The van der Waals surface area contributed by atoms with Crippen molar-refractivity contribution in [3.8, 4) is 0 Å². The molecule has 0 saturated carbocycles. The van der Waals surface area contributed by atoms with Crippen LogP contribution in [-0.2, 0) is 13.2 Å². The van der Waals surface area contributed by atoms with Crippen molar-refractivity contribution >= 4 is 0 Å². The minimum absolute atomic E-state index is 0.0718. The van der Waals surface area contributed by atoms with Gasteiger partial charge in [-0.05, 0) is 32.5 Å². The molecule has 1 rings (SSSR count). The molecule has 0 atom stereocenters. The van der Waals surface area contributed by atoms with Gasteiger partial charge in [0.15, 0.2) is 0 Å². The van der Waals surface area contributed by atoms with E-state index in [0.29, 0.717) is 18.8 Å². The van der Waals surface area contributed by atoms with Crippen LogP contribution in [-0.4, -0.2) is 33.8 Å². The van der Waals surface area contributed by atoms with Crippen LogP contribution < -0.4 is 0 Å². The van der Waals surface area contributed by atoms with E-state index in [1.807, 2.05) is 13.0 Å². The Bertz CT molecular complexity index is 314. The van der Waals surface area contributed by atoms with Crippen LogP contribution in [0.3, 0.4) is 0 Å². The predicted octanol–water partition coefficient (Wildman–Crippen LogP) is 1.36. The minimum Gasteiger partial charge on any atom is -0.462 e. The first kappa shape index (κ1) is 13.2. The van der Waals surface area contributed by atoms with Gasteiger partial charge in [0, 0.05) is 6.54 Å². The summed E-state index contributed by atoms with van der Waals surface area (Å²) in [5, 5.41) is 18.6. The molecule has 0 aromatic carbocycles. The molecule has 4 heteroatoms. The average Bonchev–Trinajstić information content (AvgIpc) is 2.62. The lowest BCUT2D eigenvalue weighted by Gasteiger charge is -2.27. The van der Waals surface area contributed by atoms with Crippen molar-refractivity contribution < 1.29 is 14.6 Å². The highest BCUT2D eigenvalue weighted by atomic mass is 16.4. The van der Waals surface area contributed by atoms with Gasteiger partial charge in [0.1, 0.15) is 18.1 Å². The van der Waals surface area contributed by atoms with Gasteiger partial charge in [-0.25, -0.2) is 0 Å². The number of aliphatic hydroxyl groups excluding tert-OH is 1. The number of aliphatic hydroxyl groups is 2. The zero-order valence-corrected chi connectivity index (χ0v) is 10.2. The standard InChI is InChI=1S/C12H21NO3/c1-4-13(9-12(2,3)15)7-10-5-6-11(8-14)16-10/h5-6,14-15H,4,7-9H2,1-3H3. The van der Waals surface area contributed by atoms with Gasteiger partial charge in [0.25, 0.3) is 0 Å². The van der Waals surface area contributed by atoms with Crippen molar-refractivity contribution in [3.05, 3.63) is 23.7 Å². The van der Waals surface area contributed by atoms with Crippen LogP contribution in [0.15, 0.2) is 16.5 Å². The summed E-state index contributed by atoms with van der Waals surface area (Å²) < 4.78 is 5.41. The van der Waals surface area contributed by atoms with E-state index in [1.165, 1.54) is 0 Å². The maximum Gasteiger partial charge on any atom is 0.129 e. The quantitative estimate of drug-likeness (QED) is 0.770. The number of hydrogen-bond acceptors (Lipinski definition) is 4. The van der Waals surface area contributed by atoms with E-state index in [9.17, 15) is 5.11 Å². The summed E-state index contributed by atoms with van der Waals surface area (Å²) in [7, 11) is 0. The molecule has 1 aromatic rings. The predicted molar refractivity (Wildman–Crippen MR) is 61.9 cm³/mol. The average molecular weight is 227 g/mol. The molecule has 0 unspecified atom stereocenters. The Kier molecular flexibility index (Phi) is 4.53. The Labute approximate surface area is 96.5 Å². The lowest BCUT2D eigenvalue weighted by atomic mass is 10.1. The second kappa shape index (κ2) is 5.48. The van der Waals surface area contributed by atoms with E-state index in [-0.39, 0.29) is 6.61 Å². The molecule has 0 radical (unpaired) electrons. The number of rotatable bonds is 6. The summed E-state index contributed by atoms with van der Waals surface area (Å²) in [6.45, 7) is 7.64. The topological polar surface area (TPSA) is 56.8 Å². The Hall–Kier alpha value is -0.840. The highest BCUT2D eigenvalue weighted by Crippen LogP contribution is 2.13. The Morgan fingerprint density at radius 3 is 2.38 bits per heavy atom. The fourth-order valence-electron chi connectivity index (χ4n) is 1.64. The zero-order chi connectivity index (χ0) is 12.2. The Balaban J connectivity index is 2.56. The molecule has 0 bridgehead atoms. The van der Waals surface area contributed by atoms with Gasteiger partial charge >= 0.3 is 0 Å². The minimum atomic E-state index is -0.706. The Morgan fingerprint density at radius 2 is 1.94 bits per heavy atom. The second-order valence-corrected chi connectivity index (χ2v) is 4.64. The highest BCUT2D eigenvalue weighted by molar-refractivity contribution is 5.06. The van der Waals surface area contributed by atoms with Crippen molar-refractivity contribution in [2.24, 2.45) is 0 Å². The van der Waals surface area contributed by atoms with Crippen LogP contribution in [0.25, 0.3) is 0 Å². The fraction of sp³-hybridized carbons (Fsp3) is 0.667. The van der Waals surface area contributed by atoms with Crippen LogP contribution in [0.5, 0.6) is 0 Å². The van der Waals surface area contributed by atoms with E-state index >= 15 is 0 Å². The zero-order valence-electron chi connectivity index (χ0n) is 10.2. The maximum atomic E-state index is 9.74. The molecule has 0 fully saturated rings. The smallest absolute Gasteiger partial charge is 0.129 e. The van der Waals surface area contributed by atoms with Crippen LogP contribution in [0, 0.1) is 0 Å². The largest absolute Gasteiger partial charge is 0.462 e. The molecule has 2 N–H and O–H groups in total. The molecule has 1 aromatic heterocycles. The van der Waals surface area contributed by atoms with E-state index in [0.717, 1.165) is 12.3 Å². The van der Waals surface area contributed by atoms with Crippen molar-refractivity contribution in [2.75, 3.05) is 13.1 Å². The second-order valence-electron chi connectivity index (χ2n) is 4.64. The lowest BCUT2D eigenvalue weighted by molar-refractivity contribution is 0.0331. The van der Waals surface area contributed by atoms with Crippen molar-refractivity contribution in [2.45, 2.75) is 39.5 Å². The molecule has 0 spiro atoms. The maximum absolute atomic E-state index is 9.74. The molecular formula is C12H21NO3. The van der Waals surface area contributed by atoms with E-state index in [1.54, 1.807) is 19.9 Å². The molecule has 0 aliphatic carbocycles. The van der Waals surface area contributed by atoms with Crippen molar-refractivity contribution in [3.63, 3.8) is 0 Å². The van der Waals surface area contributed by atoms with Gasteiger partial charge < -0.3 is 14.6 Å². The molecular weight excluding hydrogens is 206 g/mol. The first-order chi connectivity index (χ1) is 7.44. The van der Waals surface area contributed by atoms with Crippen LogP contribution in [0.1, 0.15) is 32.3 Å². The lowest BCUT2D eigenvalue weighted by Crippen LogP contribution is -2.38. The van der Waals surface area contributed by atoms with Gasteiger partial charge in [-0.2, -0.15) is 0 Å². The van der Waals surface area contributed by atoms with Crippen LogP contribution in [0.2, 0.25) is 0 Å². The van der Waals surface area contributed by atoms with E-state index in [4.69, 9.17) is 9.52 Å². The SMILES string of the molecule is CCN(Cc1ccc(CO)o1)CC(C)(C)O. The monoisotopic (exact) mass is 227 g/mol. The van der Waals surface area contributed by atoms with Gasteiger partial charge in [0.2, 0.25) is 0 Å². The summed E-state index contributed by atoms with van der Waals surface area (Å²) in [5.41, 5.74) is -0.706. The first-order valence-corrected chi connectivity index (χ1v) is 5.58. The third-order valence-corrected chi connectivity index (χ3v) is 2.31. The van der Waals surface area contributed by atoms with Crippen LogP contribution >= 0.6 is 0 Å². The molecule has 92 valence electrons. The summed E-state index contributed by atoms with van der Waals surface area (Å²) in [5.74, 6) is 1.39. The number of hydrogen-bond donors (Lipinski definition) is 2. The van der Waals surface area contributed by atoms with E-state index < -0.39 is 5.60 Å². The fourth-order valence-corrected chi connectivity index (χ4v) is 1.64. The molecule has 4 nitrogen and oxygen atoms in total. The number of furan rings is 1. The third kappa shape index (κ3) is 4.35. The first-order valence-electron chi connectivity index (χ1n) is 5.58. The molecule has 0 amide bonds. The van der Waals surface area contributed by atoms with Crippen LogP contribution in [0.4, 0.5) is 0 Å². The van der Waals surface area contributed by atoms with E-state index in [2.05, 4.69) is 4.90 Å². The van der Waals surface area contributed by atoms with Gasteiger partial charge in [-0.1, -0.05) is 6.92 Å². The molecule has 0 saturated heterocycles. The van der Waals surface area contributed by atoms with Gasteiger partial charge in [-0.15, -0.1) is 0 Å². The summed E-state index contributed by atoms with van der Waals surface area (Å²) in [6.07, 6.45) is 0. The van der Waals surface area contributed by atoms with Gasteiger partial charge in [-0.3, -0.25) is 4.90 Å².